The van der Waals surface area contributed by atoms with Gasteiger partial charge < -0.3 is 20.1 Å². The van der Waals surface area contributed by atoms with E-state index in [0.717, 1.165) is 16.7 Å². The van der Waals surface area contributed by atoms with Crippen LogP contribution in [0.4, 0.5) is 0 Å². The summed E-state index contributed by atoms with van der Waals surface area (Å²) in [4.78, 5) is 4.26. The summed E-state index contributed by atoms with van der Waals surface area (Å²) < 4.78 is 10.8. The summed E-state index contributed by atoms with van der Waals surface area (Å²) in [6.45, 7) is 0.797. The SMILES string of the molecule is NCc1cccc(Oc2ccc3c(c2)B(O)OC3)n1. The molecule has 0 saturated heterocycles. The maximum absolute atomic E-state index is 9.64. The number of ether oxygens (including phenoxy) is 1. The number of pyridine rings is 1. The molecule has 3 N–H and O–H groups in total. The van der Waals surface area contributed by atoms with E-state index < -0.39 is 7.12 Å². The molecule has 1 aliphatic rings. The van der Waals surface area contributed by atoms with Crippen molar-refractivity contribution in [2.24, 2.45) is 5.73 Å². The second kappa shape index (κ2) is 5.01. The smallest absolute Gasteiger partial charge is 0.439 e. The zero-order valence-corrected chi connectivity index (χ0v) is 10.2. The van der Waals surface area contributed by atoms with Crippen molar-refractivity contribution in [2.75, 3.05) is 0 Å². The van der Waals surface area contributed by atoms with Gasteiger partial charge in [0.25, 0.3) is 0 Å². The lowest BCUT2D eigenvalue weighted by Crippen LogP contribution is -2.27. The Morgan fingerprint density at radius 1 is 1.37 bits per heavy atom. The number of benzene rings is 1. The third-order valence-corrected chi connectivity index (χ3v) is 2.99. The molecule has 0 spiro atoms. The van der Waals surface area contributed by atoms with Gasteiger partial charge in [0.1, 0.15) is 5.75 Å². The van der Waals surface area contributed by atoms with Crippen molar-refractivity contribution in [1.29, 1.82) is 0 Å². The van der Waals surface area contributed by atoms with Gasteiger partial charge in [-0.05, 0) is 29.2 Å². The lowest BCUT2D eigenvalue weighted by Gasteiger charge is -2.07. The monoisotopic (exact) mass is 256 g/mol. The van der Waals surface area contributed by atoms with Gasteiger partial charge in [-0.2, -0.15) is 0 Å². The van der Waals surface area contributed by atoms with Crippen molar-refractivity contribution < 1.29 is 14.4 Å². The highest BCUT2D eigenvalue weighted by atomic mass is 16.5. The van der Waals surface area contributed by atoms with Crippen LogP contribution in [0.1, 0.15) is 11.3 Å². The highest BCUT2D eigenvalue weighted by molar-refractivity contribution is 6.61. The first kappa shape index (κ1) is 12.2. The highest BCUT2D eigenvalue weighted by Gasteiger charge is 2.27. The van der Waals surface area contributed by atoms with E-state index in [1.165, 1.54) is 0 Å². The van der Waals surface area contributed by atoms with Crippen molar-refractivity contribution in [2.45, 2.75) is 13.2 Å². The van der Waals surface area contributed by atoms with Crippen LogP contribution in [0.2, 0.25) is 0 Å². The van der Waals surface area contributed by atoms with Gasteiger partial charge in [0, 0.05) is 12.6 Å². The molecule has 2 aromatic rings. The fourth-order valence-electron chi connectivity index (χ4n) is 2.01. The van der Waals surface area contributed by atoms with Gasteiger partial charge in [0.05, 0.1) is 12.3 Å². The molecule has 0 saturated carbocycles. The van der Waals surface area contributed by atoms with E-state index >= 15 is 0 Å². The van der Waals surface area contributed by atoms with E-state index in [4.69, 9.17) is 15.1 Å². The predicted octanol–water partition coefficient (Wildman–Crippen LogP) is 0.550. The molecule has 3 rings (SSSR count). The van der Waals surface area contributed by atoms with Crippen LogP contribution in [0.3, 0.4) is 0 Å². The maximum atomic E-state index is 9.64. The predicted molar refractivity (Wildman–Crippen MR) is 71.0 cm³/mol. The zero-order chi connectivity index (χ0) is 13.2. The van der Waals surface area contributed by atoms with Crippen molar-refractivity contribution in [3.05, 3.63) is 47.7 Å². The van der Waals surface area contributed by atoms with E-state index in [2.05, 4.69) is 4.98 Å². The third kappa shape index (κ3) is 2.46. The summed E-state index contributed by atoms with van der Waals surface area (Å²) in [5.41, 5.74) is 8.02. The molecule has 1 aromatic carbocycles. The summed E-state index contributed by atoms with van der Waals surface area (Å²) in [7, 11) is -0.873. The molecule has 5 nitrogen and oxygen atoms in total. The minimum Gasteiger partial charge on any atom is -0.439 e. The molecule has 1 aliphatic heterocycles. The lowest BCUT2D eigenvalue weighted by atomic mass is 9.79. The molecule has 96 valence electrons. The Kier molecular flexibility index (Phi) is 3.21. The van der Waals surface area contributed by atoms with Gasteiger partial charge in [-0.3, -0.25) is 0 Å². The Morgan fingerprint density at radius 3 is 3.11 bits per heavy atom. The fourth-order valence-corrected chi connectivity index (χ4v) is 2.01. The Labute approximate surface area is 111 Å². The van der Waals surface area contributed by atoms with E-state index in [1.54, 1.807) is 12.1 Å². The van der Waals surface area contributed by atoms with Gasteiger partial charge in [0.15, 0.2) is 0 Å². The van der Waals surface area contributed by atoms with Crippen molar-refractivity contribution >= 4 is 12.6 Å². The molecule has 0 atom stereocenters. The van der Waals surface area contributed by atoms with E-state index in [-0.39, 0.29) is 0 Å². The van der Waals surface area contributed by atoms with Crippen LogP contribution in [-0.2, 0) is 17.8 Å². The average Bonchev–Trinajstić information content (AvgIpc) is 2.80. The van der Waals surface area contributed by atoms with Gasteiger partial charge >= 0.3 is 7.12 Å². The quantitative estimate of drug-likeness (QED) is 0.784. The Morgan fingerprint density at radius 2 is 2.26 bits per heavy atom. The number of rotatable bonds is 3. The Balaban J connectivity index is 1.85. The van der Waals surface area contributed by atoms with Gasteiger partial charge in [-0.1, -0.05) is 12.1 Å². The fraction of sp³-hybridized carbons (Fsp3) is 0.154. The first-order chi connectivity index (χ1) is 9.26. The van der Waals surface area contributed by atoms with Crippen LogP contribution in [0.15, 0.2) is 36.4 Å². The number of fused-ring (bicyclic) bond motifs is 1. The summed E-state index contributed by atoms with van der Waals surface area (Å²) in [5.74, 6) is 1.10. The number of hydrogen-bond donors (Lipinski definition) is 2. The van der Waals surface area contributed by atoms with Crippen LogP contribution in [0, 0.1) is 0 Å². The minimum atomic E-state index is -0.873. The van der Waals surface area contributed by atoms with E-state index in [9.17, 15) is 5.02 Å². The van der Waals surface area contributed by atoms with E-state index in [1.807, 2.05) is 24.3 Å². The number of nitrogens with two attached hydrogens (primary N) is 1. The molecule has 0 unspecified atom stereocenters. The summed E-state index contributed by atoms with van der Waals surface area (Å²) in [5, 5.41) is 9.64. The van der Waals surface area contributed by atoms with Crippen LogP contribution in [0.5, 0.6) is 11.6 Å². The molecule has 2 heterocycles. The molecule has 0 radical (unpaired) electrons. The zero-order valence-electron chi connectivity index (χ0n) is 10.2. The Bertz CT molecular complexity index is 606. The normalized spacial score (nSPS) is 13.5. The van der Waals surface area contributed by atoms with Crippen LogP contribution in [-0.4, -0.2) is 17.1 Å². The second-order valence-electron chi connectivity index (χ2n) is 4.30. The molecule has 19 heavy (non-hydrogen) atoms. The number of nitrogens with zero attached hydrogens (tertiary/aromatic N) is 1. The number of hydrogen-bond acceptors (Lipinski definition) is 5. The van der Waals surface area contributed by atoms with Gasteiger partial charge in [-0.15, -0.1) is 0 Å². The molecular weight excluding hydrogens is 243 g/mol. The molecule has 6 heteroatoms. The topological polar surface area (TPSA) is 77.6 Å². The summed E-state index contributed by atoms with van der Waals surface area (Å²) >= 11 is 0. The highest BCUT2D eigenvalue weighted by Crippen LogP contribution is 2.21. The van der Waals surface area contributed by atoms with Crippen molar-refractivity contribution in [1.82, 2.24) is 4.98 Å². The van der Waals surface area contributed by atoms with Gasteiger partial charge in [0.2, 0.25) is 5.88 Å². The number of aromatic nitrogens is 1. The summed E-state index contributed by atoms with van der Waals surface area (Å²) in [6, 6.07) is 10.9. The molecule has 0 aliphatic carbocycles. The Hall–Kier alpha value is -1.89. The molecular formula is C13H13BN2O3. The maximum Gasteiger partial charge on any atom is 0.491 e. The van der Waals surface area contributed by atoms with Crippen molar-refractivity contribution in [3.8, 4) is 11.6 Å². The van der Waals surface area contributed by atoms with Crippen LogP contribution in [0.25, 0.3) is 0 Å². The molecule has 0 bridgehead atoms. The second-order valence-corrected chi connectivity index (χ2v) is 4.30. The largest absolute Gasteiger partial charge is 0.491 e. The third-order valence-electron chi connectivity index (χ3n) is 2.99. The first-order valence-corrected chi connectivity index (χ1v) is 6.02. The molecule has 0 amide bonds. The van der Waals surface area contributed by atoms with Crippen molar-refractivity contribution in [3.63, 3.8) is 0 Å². The molecule has 1 aromatic heterocycles. The minimum absolute atomic E-state index is 0.369. The van der Waals surface area contributed by atoms with Crippen LogP contribution < -0.4 is 15.9 Å². The standard InChI is InChI=1S/C13H13BN2O3/c15-7-10-2-1-3-13(16-10)19-11-5-4-9-8-18-14(17)12(9)6-11/h1-6,17H,7-8,15H2. The summed E-state index contributed by atoms with van der Waals surface area (Å²) in [6.07, 6.45) is 0. The van der Waals surface area contributed by atoms with Crippen LogP contribution >= 0.6 is 0 Å². The first-order valence-electron chi connectivity index (χ1n) is 6.02. The molecule has 0 fully saturated rings. The van der Waals surface area contributed by atoms with E-state index in [0.29, 0.717) is 24.8 Å². The lowest BCUT2D eigenvalue weighted by molar-refractivity contribution is 0.275. The average molecular weight is 256 g/mol. The van der Waals surface area contributed by atoms with Gasteiger partial charge in [-0.25, -0.2) is 4.98 Å².